The Balaban J connectivity index is 1.68. The molecule has 1 aromatic heterocycles. The van der Waals surface area contributed by atoms with Crippen LogP contribution in [0.2, 0.25) is 0 Å². The molecule has 1 N–H and O–H groups in total. The highest BCUT2D eigenvalue weighted by atomic mass is 32.2. The summed E-state index contributed by atoms with van der Waals surface area (Å²) in [5.41, 5.74) is 2.07. The van der Waals surface area contributed by atoms with Crippen LogP contribution in [0.15, 0.2) is 59.5 Å². The van der Waals surface area contributed by atoms with Crippen LogP contribution in [0.3, 0.4) is 0 Å². The summed E-state index contributed by atoms with van der Waals surface area (Å²) >= 11 is 1.68. The molecule has 0 amide bonds. The minimum Gasteiger partial charge on any atom is -0.392 e. The van der Waals surface area contributed by atoms with Gasteiger partial charge in [0.25, 0.3) is 0 Å². The van der Waals surface area contributed by atoms with Gasteiger partial charge in [-0.3, -0.25) is 4.68 Å². The number of aromatic nitrogens is 2. The zero-order chi connectivity index (χ0) is 14.7. The Kier molecular flexibility index (Phi) is 4.27. The quantitative estimate of drug-likeness (QED) is 0.735. The van der Waals surface area contributed by atoms with E-state index in [1.807, 2.05) is 42.1 Å². The number of aliphatic hydroxyl groups is 1. The van der Waals surface area contributed by atoms with Crippen molar-refractivity contribution in [2.24, 2.45) is 7.05 Å². The van der Waals surface area contributed by atoms with Gasteiger partial charge >= 0.3 is 0 Å². The average Bonchev–Trinajstić information content (AvgIpc) is 2.83. The van der Waals surface area contributed by atoms with Crippen molar-refractivity contribution < 1.29 is 5.11 Å². The van der Waals surface area contributed by atoms with E-state index in [-0.39, 0.29) is 0 Å². The second-order valence-electron chi connectivity index (χ2n) is 5.07. The number of para-hydroxylation sites is 1. The van der Waals surface area contributed by atoms with Gasteiger partial charge in [-0.2, -0.15) is 5.10 Å². The first-order valence-electron chi connectivity index (χ1n) is 7.00. The maximum Gasteiger partial charge on any atom is 0.0729 e. The molecule has 0 aliphatic heterocycles. The van der Waals surface area contributed by atoms with Crippen LogP contribution in [0, 0.1) is 0 Å². The minimum atomic E-state index is -0.395. The Morgan fingerprint density at radius 1 is 1.10 bits per heavy atom. The number of hydrogen-bond donors (Lipinski definition) is 1. The number of thioether (sulfide) groups is 1. The summed E-state index contributed by atoms with van der Waals surface area (Å²) in [5, 5.41) is 15.9. The minimum absolute atomic E-state index is 0.395. The molecular formula is C17H18N2OS. The second kappa shape index (κ2) is 6.33. The van der Waals surface area contributed by atoms with Crippen LogP contribution in [0.4, 0.5) is 0 Å². The zero-order valence-corrected chi connectivity index (χ0v) is 12.8. The zero-order valence-electron chi connectivity index (χ0n) is 11.9. The van der Waals surface area contributed by atoms with Crippen LogP contribution in [-0.2, 0) is 13.5 Å². The summed E-state index contributed by atoms with van der Waals surface area (Å²) in [6, 6.07) is 18.3. The lowest BCUT2D eigenvalue weighted by molar-refractivity contribution is 0.199. The highest BCUT2D eigenvalue weighted by Gasteiger charge is 2.13. The molecule has 1 unspecified atom stereocenters. The van der Waals surface area contributed by atoms with Gasteiger partial charge in [0.15, 0.2) is 0 Å². The average molecular weight is 298 g/mol. The van der Waals surface area contributed by atoms with Gasteiger partial charge in [-0.15, -0.1) is 11.8 Å². The molecule has 0 saturated heterocycles. The Labute approximate surface area is 128 Å². The van der Waals surface area contributed by atoms with E-state index in [1.54, 1.807) is 11.8 Å². The molecule has 3 rings (SSSR count). The summed E-state index contributed by atoms with van der Waals surface area (Å²) < 4.78 is 1.88. The topological polar surface area (TPSA) is 38.0 Å². The molecule has 0 spiro atoms. The van der Waals surface area contributed by atoms with Gasteiger partial charge in [-0.25, -0.2) is 0 Å². The van der Waals surface area contributed by atoms with Crippen molar-refractivity contribution in [1.82, 2.24) is 9.78 Å². The van der Waals surface area contributed by atoms with Crippen molar-refractivity contribution in [2.45, 2.75) is 17.4 Å². The molecule has 3 aromatic rings. The third-order valence-corrected chi connectivity index (χ3v) is 4.61. The fourth-order valence-electron chi connectivity index (χ4n) is 2.43. The summed E-state index contributed by atoms with van der Waals surface area (Å²) in [4.78, 5) is 1.18. The fraction of sp³-hybridized carbons (Fsp3) is 0.235. The molecule has 21 heavy (non-hydrogen) atoms. The summed E-state index contributed by atoms with van der Waals surface area (Å²) in [5.74, 6) is 0.676. The number of fused-ring (bicyclic) bond motifs is 1. The van der Waals surface area contributed by atoms with E-state index in [0.717, 1.165) is 16.6 Å². The van der Waals surface area contributed by atoms with E-state index in [4.69, 9.17) is 0 Å². The smallest absolute Gasteiger partial charge is 0.0729 e. The van der Waals surface area contributed by atoms with Gasteiger partial charge in [0.2, 0.25) is 0 Å². The van der Waals surface area contributed by atoms with Crippen LogP contribution in [-0.4, -0.2) is 26.7 Å². The predicted molar refractivity (Wildman–Crippen MR) is 87.6 cm³/mol. The normalized spacial score (nSPS) is 12.7. The molecule has 108 valence electrons. The number of rotatable bonds is 5. The summed E-state index contributed by atoms with van der Waals surface area (Å²) in [7, 11) is 1.94. The number of hydrogen-bond acceptors (Lipinski definition) is 3. The van der Waals surface area contributed by atoms with E-state index in [0.29, 0.717) is 12.2 Å². The Hall–Kier alpha value is -1.78. The first kappa shape index (κ1) is 14.2. The van der Waals surface area contributed by atoms with E-state index in [2.05, 4.69) is 29.4 Å². The van der Waals surface area contributed by atoms with E-state index >= 15 is 0 Å². The molecule has 1 heterocycles. The van der Waals surface area contributed by atoms with Crippen molar-refractivity contribution >= 4 is 22.7 Å². The van der Waals surface area contributed by atoms with E-state index < -0.39 is 6.10 Å². The van der Waals surface area contributed by atoms with Crippen molar-refractivity contribution in [3.63, 3.8) is 0 Å². The highest BCUT2D eigenvalue weighted by Crippen LogP contribution is 2.22. The van der Waals surface area contributed by atoms with Gasteiger partial charge in [-0.1, -0.05) is 36.4 Å². The molecule has 3 nitrogen and oxygen atoms in total. The van der Waals surface area contributed by atoms with Gasteiger partial charge in [0.1, 0.15) is 0 Å². The molecule has 0 fully saturated rings. The Morgan fingerprint density at radius 3 is 2.62 bits per heavy atom. The molecule has 0 bridgehead atoms. The van der Waals surface area contributed by atoms with E-state index in [1.165, 1.54) is 4.90 Å². The van der Waals surface area contributed by atoms with Crippen LogP contribution in [0.25, 0.3) is 10.9 Å². The van der Waals surface area contributed by atoms with Crippen molar-refractivity contribution in [3.05, 3.63) is 60.3 Å². The third-order valence-electron chi connectivity index (χ3n) is 3.45. The SMILES string of the molecule is Cn1nc(CC(O)CSc2ccccc2)c2ccccc21. The predicted octanol–water partition coefficient (Wildman–Crippen LogP) is 3.27. The van der Waals surface area contributed by atoms with Gasteiger partial charge in [0, 0.05) is 29.5 Å². The van der Waals surface area contributed by atoms with E-state index in [9.17, 15) is 5.11 Å². The van der Waals surface area contributed by atoms with Gasteiger partial charge < -0.3 is 5.11 Å². The molecule has 0 saturated carbocycles. The lowest BCUT2D eigenvalue weighted by Crippen LogP contribution is -2.14. The second-order valence-corrected chi connectivity index (χ2v) is 6.16. The largest absolute Gasteiger partial charge is 0.392 e. The Morgan fingerprint density at radius 2 is 1.81 bits per heavy atom. The standard InChI is InChI=1S/C17H18N2OS/c1-19-17-10-6-5-9-15(17)16(18-19)11-13(20)12-21-14-7-3-2-4-8-14/h2-10,13,20H,11-12H2,1H3. The summed E-state index contributed by atoms with van der Waals surface area (Å²) in [6.45, 7) is 0. The van der Waals surface area contributed by atoms with Crippen molar-refractivity contribution in [1.29, 1.82) is 0 Å². The fourth-order valence-corrected chi connectivity index (χ4v) is 3.28. The van der Waals surface area contributed by atoms with Gasteiger partial charge in [0.05, 0.1) is 17.3 Å². The van der Waals surface area contributed by atoms with Gasteiger partial charge in [-0.05, 0) is 18.2 Å². The number of benzene rings is 2. The molecule has 0 aliphatic carbocycles. The van der Waals surface area contributed by atoms with Crippen molar-refractivity contribution in [3.8, 4) is 0 Å². The van der Waals surface area contributed by atoms with Crippen LogP contribution in [0.5, 0.6) is 0 Å². The molecule has 1 atom stereocenters. The maximum absolute atomic E-state index is 10.3. The first-order chi connectivity index (χ1) is 10.2. The number of aliphatic hydroxyl groups excluding tert-OH is 1. The lowest BCUT2D eigenvalue weighted by Gasteiger charge is -2.08. The third kappa shape index (κ3) is 3.28. The van der Waals surface area contributed by atoms with Crippen molar-refractivity contribution in [2.75, 3.05) is 5.75 Å². The lowest BCUT2D eigenvalue weighted by atomic mass is 10.1. The number of aryl methyl sites for hydroxylation is 1. The van der Waals surface area contributed by atoms with Crippen LogP contribution in [0.1, 0.15) is 5.69 Å². The van der Waals surface area contributed by atoms with Crippen LogP contribution < -0.4 is 0 Å². The summed E-state index contributed by atoms with van der Waals surface area (Å²) in [6.07, 6.45) is 0.190. The number of nitrogens with zero attached hydrogens (tertiary/aromatic N) is 2. The van der Waals surface area contributed by atoms with Crippen LogP contribution >= 0.6 is 11.8 Å². The molecule has 0 aliphatic rings. The first-order valence-corrected chi connectivity index (χ1v) is 7.99. The molecule has 2 aromatic carbocycles. The monoisotopic (exact) mass is 298 g/mol. The molecule has 4 heteroatoms. The molecular weight excluding hydrogens is 280 g/mol. The molecule has 0 radical (unpaired) electrons. The maximum atomic E-state index is 10.3. The Bertz CT molecular complexity index is 724. The highest BCUT2D eigenvalue weighted by molar-refractivity contribution is 7.99.